The molecule has 0 spiro atoms. The molecular formula is C21H31N5O4S. The minimum absolute atomic E-state index is 0.123. The van der Waals surface area contributed by atoms with Crippen LogP contribution in [0.4, 0.5) is 0 Å². The van der Waals surface area contributed by atoms with Crippen molar-refractivity contribution in [3.8, 4) is 0 Å². The first-order chi connectivity index (χ1) is 14.9. The van der Waals surface area contributed by atoms with Gasteiger partial charge in [-0.15, -0.1) is 5.10 Å². The summed E-state index contributed by atoms with van der Waals surface area (Å²) >= 11 is 0. The summed E-state index contributed by atoms with van der Waals surface area (Å²) in [5.41, 5.74) is 0.943. The fourth-order valence-electron chi connectivity index (χ4n) is 4.54. The summed E-state index contributed by atoms with van der Waals surface area (Å²) < 4.78 is 27.8. The van der Waals surface area contributed by atoms with Gasteiger partial charge < -0.3 is 9.74 Å². The van der Waals surface area contributed by atoms with Crippen molar-refractivity contribution in [3.05, 3.63) is 18.2 Å². The summed E-state index contributed by atoms with van der Waals surface area (Å²) in [5.74, 6) is 0.219. The van der Waals surface area contributed by atoms with Gasteiger partial charge in [-0.3, -0.25) is 4.79 Å². The molecule has 2 aliphatic rings. The third-order valence-corrected chi connectivity index (χ3v) is 8.33. The first-order valence-corrected chi connectivity index (χ1v) is 12.5. The normalized spacial score (nSPS) is 21.3. The molecule has 1 amide bonds. The van der Waals surface area contributed by atoms with Gasteiger partial charge in [0, 0.05) is 26.2 Å². The van der Waals surface area contributed by atoms with E-state index in [4.69, 9.17) is 4.84 Å². The van der Waals surface area contributed by atoms with Crippen molar-refractivity contribution in [1.29, 1.82) is 0 Å². The second kappa shape index (κ2) is 9.12. The van der Waals surface area contributed by atoms with Gasteiger partial charge >= 0.3 is 0 Å². The average Bonchev–Trinajstić information content (AvgIpc) is 3.20. The van der Waals surface area contributed by atoms with Crippen LogP contribution in [0.5, 0.6) is 0 Å². The standard InChI is InChI=1S/C21H31N5O4S/c1-16-7-6-12-25(14-16)31(28,29)18-10-11-19-20(13-18)26(23-22-19)30-15-21(27)24(2)17-8-4-3-5-9-17/h10-11,13,16-17H,3-9,12,14-15H2,1-2H3. The zero-order valence-electron chi connectivity index (χ0n) is 18.2. The van der Waals surface area contributed by atoms with E-state index in [-0.39, 0.29) is 23.5 Å². The molecule has 4 rings (SSSR count). The number of hydrogen-bond donors (Lipinski definition) is 0. The molecule has 1 aromatic heterocycles. The third-order valence-electron chi connectivity index (χ3n) is 6.47. The summed E-state index contributed by atoms with van der Waals surface area (Å²) in [4.78, 5) is 21.3. The molecule has 10 heteroatoms. The van der Waals surface area contributed by atoms with E-state index in [1.165, 1.54) is 12.5 Å². The summed E-state index contributed by atoms with van der Waals surface area (Å²) in [5, 5.41) is 7.99. The van der Waals surface area contributed by atoms with E-state index in [1.807, 2.05) is 7.05 Å². The number of carbonyl (C=O) groups excluding carboxylic acids is 1. The molecule has 0 bridgehead atoms. The highest BCUT2D eigenvalue weighted by Crippen LogP contribution is 2.25. The van der Waals surface area contributed by atoms with Gasteiger partial charge in [0.05, 0.1) is 4.90 Å². The molecule has 1 atom stereocenters. The zero-order valence-corrected chi connectivity index (χ0v) is 19.1. The number of hydrogen-bond acceptors (Lipinski definition) is 6. The van der Waals surface area contributed by atoms with Gasteiger partial charge in [0.1, 0.15) is 11.0 Å². The number of fused-ring (bicyclic) bond motifs is 1. The first-order valence-electron chi connectivity index (χ1n) is 11.1. The van der Waals surface area contributed by atoms with E-state index in [2.05, 4.69) is 17.2 Å². The molecule has 1 saturated heterocycles. The molecular weight excluding hydrogens is 418 g/mol. The van der Waals surface area contributed by atoms with Crippen LogP contribution >= 0.6 is 0 Å². The van der Waals surface area contributed by atoms with Gasteiger partial charge in [-0.2, -0.15) is 4.31 Å². The van der Waals surface area contributed by atoms with Crippen molar-refractivity contribution in [2.75, 3.05) is 26.7 Å². The molecule has 1 aromatic carbocycles. The SMILES string of the molecule is CC1CCCN(S(=O)(=O)c2ccc3nnn(OCC(=O)N(C)C4CCCCC4)c3c2)C1. The summed E-state index contributed by atoms with van der Waals surface area (Å²) in [6, 6.07) is 4.95. The van der Waals surface area contributed by atoms with E-state index < -0.39 is 10.0 Å². The van der Waals surface area contributed by atoms with Crippen molar-refractivity contribution >= 4 is 27.0 Å². The second-order valence-corrected chi connectivity index (χ2v) is 10.7. The summed E-state index contributed by atoms with van der Waals surface area (Å²) in [7, 11) is -1.80. The van der Waals surface area contributed by atoms with Gasteiger partial charge in [-0.25, -0.2) is 8.42 Å². The monoisotopic (exact) mass is 449 g/mol. The molecule has 1 aliphatic heterocycles. The Morgan fingerprint density at radius 3 is 2.71 bits per heavy atom. The first kappa shape index (κ1) is 22.0. The van der Waals surface area contributed by atoms with Crippen molar-refractivity contribution in [3.63, 3.8) is 0 Å². The molecule has 1 aliphatic carbocycles. The van der Waals surface area contributed by atoms with Gasteiger partial charge in [0.15, 0.2) is 6.61 Å². The Kier molecular flexibility index (Phi) is 6.47. The van der Waals surface area contributed by atoms with Crippen LogP contribution in [-0.4, -0.2) is 71.5 Å². The van der Waals surface area contributed by atoms with Gasteiger partial charge in [0.2, 0.25) is 10.0 Å². The predicted molar refractivity (Wildman–Crippen MR) is 116 cm³/mol. The lowest BCUT2D eigenvalue weighted by Gasteiger charge is -2.31. The maximum absolute atomic E-state index is 13.1. The fraction of sp³-hybridized carbons (Fsp3) is 0.667. The van der Waals surface area contributed by atoms with Crippen molar-refractivity contribution in [2.24, 2.45) is 5.92 Å². The smallest absolute Gasteiger partial charge is 0.263 e. The molecule has 2 aromatic rings. The second-order valence-electron chi connectivity index (χ2n) is 8.79. The topological polar surface area (TPSA) is 97.6 Å². The van der Waals surface area contributed by atoms with Crippen LogP contribution < -0.4 is 4.84 Å². The molecule has 1 unspecified atom stereocenters. The Balaban J connectivity index is 1.48. The lowest BCUT2D eigenvalue weighted by molar-refractivity contribution is -0.138. The quantitative estimate of drug-likeness (QED) is 0.670. The molecule has 170 valence electrons. The van der Waals surface area contributed by atoms with E-state index in [1.54, 1.807) is 21.3 Å². The molecule has 0 radical (unpaired) electrons. The summed E-state index contributed by atoms with van der Waals surface area (Å²) in [6.07, 6.45) is 7.45. The number of benzene rings is 1. The van der Waals surface area contributed by atoms with Gasteiger partial charge in [-0.05, 0) is 55.0 Å². The Hall–Kier alpha value is -2.20. The molecule has 0 N–H and O–H groups in total. The fourth-order valence-corrected chi connectivity index (χ4v) is 6.16. The number of piperidine rings is 1. The van der Waals surface area contributed by atoms with Crippen LogP contribution in [-0.2, 0) is 14.8 Å². The number of nitrogens with zero attached hydrogens (tertiary/aromatic N) is 5. The van der Waals surface area contributed by atoms with E-state index in [0.717, 1.165) is 43.4 Å². The number of aromatic nitrogens is 3. The number of amides is 1. The Morgan fingerprint density at radius 1 is 1.19 bits per heavy atom. The van der Waals surface area contributed by atoms with Gasteiger partial charge in [-0.1, -0.05) is 31.0 Å². The lowest BCUT2D eigenvalue weighted by Crippen LogP contribution is -2.41. The maximum atomic E-state index is 13.1. The number of rotatable bonds is 6. The van der Waals surface area contributed by atoms with E-state index in [0.29, 0.717) is 30.0 Å². The molecule has 1 saturated carbocycles. The summed E-state index contributed by atoms with van der Waals surface area (Å²) in [6.45, 7) is 2.95. The molecule has 2 fully saturated rings. The van der Waals surface area contributed by atoms with Crippen molar-refractivity contribution in [1.82, 2.24) is 24.4 Å². The van der Waals surface area contributed by atoms with E-state index >= 15 is 0 Å². The molecule has 9 nitrogen and oxygen atoms in total. The minimum Gasteiger partial charge on any atom is -0.385 e. The lowest BCUT2D eigenvalue weighted by atomic mass is 9.94. The Morgan fingerprint density at radius 2 is 1.97 bits per heavy atom. The van der Waals surface area contributed by atoms with Crippen LogP contribution in [0, 0.1) is 5.92 Å². The van der Waals surface area contributed by atoms with Gasteiger partial charge in [0.25, 0.3) is 5.91 Å². The third kappa shape index (κ3) is 4.69. The number of carbonyl (C=O) groups is 1. The van der Waals surface area contributed by atoms with Crippen molar-refractivity contribution in [2.45, 2.75) is 62.8 Å². The highest BCUT2D eigenvalue weighted by Gasteiger charge is 2.29. The minimum atomic E-state index is -3.61. The highest BCUT2D eigenvalue weighted by atomic mass is 32.2. The van der Waals surface area contributed by atoms with Crippen LogP contribution in [0.15, 0.2) is 23.1 Å². The van der Waals surface area contributed by atoms with Crippen LogP contribution in [0.1, 0.15) is 51.9 Å². The maximum Gasteiger partial charge on any atom is 0.263 e. The van der Waals surface area contributed by atoms with Crippen molar-refractivity contribution < 1.29 is 18.0 Å². The van der Waals surface area contributed by atoms with Crippen LogP contribution in [0.2, 0.25) is 0 Å². The molecule has 2 heterocycles. The Labute approximate surface area is 183 Å². The predicted octanol–water partition coefficient (Wildman–Crippen LogP) is 2.07. The Bertz CT molecular complexity index is 1030. The number of sulfonamides is 1. The highest BCUT2D eigenvalue weighted by molar-refractivity contribution is 7.89. The zero-order chi connectivity index (χ0) is 22.0. The van der Waals surface area contributed by atoms with E-state index in [9.17, 15) is 13.2 Å². The van der Waals surface area contributed by atoms with Crippen LogP contribution in [0.3, 0.4) is 0 Å². The average molecular weight is 450 g/mol. The number of likely N-dealkylation sites (N-methyl/N-ethyl adjacent to an activating group) is 1. The molecule has 31 heavy (non-hydrogen) atoms. The largest absolute Gasteiger partial charge is 0.385 e. The van der Waals surface area contributed by atoms with Crippen LogP contribution in [0.25, 0.3) is 11.0 Å².